The van der Waals surface area contributed by atoms with E-state index in [1.807, 2.05) is 0 Å². The lowest BCUT2D eigenvalue weighted by atomic mass is 10.1. The van der Waals surface area contributed by atoms with E-state index in [0.717, 1.165) is 22.9 Å². The molecule has 0 N–H and O–H groups in total. The molecule has 0 aromatic rings. The molecule has 0 aromatic heterocycles. The topological polar surface area (TPSA) is 0 Å². The first-order chi connectivity index (χ1) is 9.84. The summed E-state index contributed by atoms with van der Waals surface area (Å²) in [6.07, 6.45) is 2.09. The second-order valence-electron chi connectivity index (χ2n) is 6.30. The summed E-state index contributed by atoms with van der Waals surface area (Å²) in [4.78, 5) is 0. The highest BCUT2D eigenvalue weighted by Gasteiger charge is 2.31. The summed E-state index contributed by atoms with van der Waals surface area (Å²) in [7, 11) is -0.500. The zero-order valence-electron chi connectivity index (χ0n) is 14.0. The number of hydrogen-bond acceptors (Lipinski definition) is 0. The van der Waals surface area contributed by atoms with E-state index in [1.54, 1.807) is 10.4 Å². The Morgan fingerprint density at radius 1 is 0.810 bits per heavy atom. The van der Waals surface area contributed by atoms with Gasteiger partial charge in [0.2, 0.25) is 0 Å². The maximum atomic E-state index is 6.57. The SMILES string of the molecule is CCC1=C(Cl)C(C)C(C)=C1[SiH2]C1=C(C)C(C)C(Cl)=C1CC. The fourth-order valence-corrected chi connectivity index (χ4v) is 7.50. The first-order valence-corrected chi connectivity index (χ1v) is 10.2. The first kappa shape index (κ1) is 17.1. The minimum atomic E-state index is -0.500. The maximum Gasteiger partial charge on any atom is 0.0882 e. The Morgan fingerprint density at radius 3 is 1.43 bits per heavy atom. The van der Waals surface area contributed by atoms with Crippen LogP contribution >= 0.6 is 23.2 Å². The van der Waals surface area contributed by atoms with Crippen LogP contribution in [-0.4, -0.2) is 9.52 Å². The van der Waals surface area contributed by atoms with Crippen molar-refractivity contribution in [2.45, 2.75) is 54.4 Å². The van der Waals surface area contributed by atoms with Gasteiger partial charge in [0, 0.05) is 21.9 Å². The van der Waals surface area contributed by atoms with Crippen molar-refractivity contribution in [1.82, 2.24) is 0 Å². The van der Waals surface area contributed by atoms with Crippen LogP contribution in [0, 0.1) is 11.8 Å². The molecule has 0 spiro atoms. The van der Waals surface area contributed by atoms with Crippen molar-refractivity contribution >= 4 is 32.7 Å². The standard InChI is InChI=1S/C18H26Cl2Si/c1-7-13-15(19)9(3)11(5)17(13)21-18-12(6)10(4)16(20)14(18)8-2/h9-10H,7-8,21H2,1-6H3. The largest absolute Gasteiger partial charge is 0.0882 e. The Balaban J connectivity index is 2.43. The smallest absolute Gasteiger partial charge is 0.0882 e. The summed E-state index contributed by atoms with van der Waals surface area (Å²) < 4.78 is 0. The van der Waals surface area contributed by atoms with Crippen LogP contribution in [-0.2, 0) is 0 Å². The Labute approximate surface area is 141 Å². The number of rotatable bonds is 4. The molecule has 0 saturated carbocycles. The Hall–Kier alpha value is -0.243. The molecule has 21 heavy (non-hydrogen) atoms. The van der Waals surface area contributed by atoms with Gasteiger partial charge in [-0.05, 0) is 37.8 Å². The molecule has 0 heterocycles. The quantitative estimate of drug-likeness (QED) is 0.566. The van der Waals surface area contributed by atoms with E-state index in [2.05, 4.69) is 41.5 Å². The van der Waals surface area contributed by atoms with Crippen LogP contribution in [0.25, 0.3) is 0 Å². The predicted octanol–water partition coefficient (Wildman–Crippen LogP) is 5.81. The van der Waals surface area contributed by atoms with E-state index in [0.29, 0.717) is 11.8 Å². The second-order valence-corrected chi connectivity index (χ2v) is 8.89. The third-order valence-corrected chi connectivity index (χ3v) is 9.16. The van der Waals surface area contributed by atoms with Gasteiger partial charge in [-0.2, -0.15) is 0 Å². The van der Waals surface area contributed by atoms with E-state index < -0.39 is 9.52 Å². The van der Waals surface area contributed by atoms with Crippen molar-refractivity contribution in [3.05, 3.63) is 42.7 Å². The van der Waals surface area contributed by atoms with Gasteiger partial charge in [0.15, 0.2) is 0 Å². The van der Waals surface area contributed by atoms with Gasteiger partial charge in [-0.1, -0.05) is 72.4 Å². The monoisotopic (exact) mass is 340 g/mol. The molecule has 2 unspecified atom stereocenters. The summed E-state index contributed by atoms with van der Waals surface area (Å²) in [6, 6.07) is 0. The van der Waals surface area contributed by atoms with Gasteiger partial charge in [0.1, 0.15) is 0 Å². The molecule has 0 radical (unpaired) electrons. The number of halogens is 2. The highest BCUT2D eigenvalue weighted by Crippen LogP contribution is 2.45. The second kappa shape index (κ2) is 6.48. The number of allylic oxidation sites excluding steroid dienone is 8. The van der Waals surface area contributed by atoms with Crippen molar-refractivity contribution in [1.29, 1.82) is 0 Å². The average Bonchev–Trinajstić information content (AvgIpc) is 2.80. The molecule has 0 aliphatic heterocycles. The molecule has 116 valence electrons. The van der Waals surface area contributed by atoms with Gasteiger partial charge in [-0.25, -0.2) is 0 Å². The van der Waals surface area contributed by atoms with E-state index in [9.17, 15) is 0 Å². The molecule has 2 aliphatic rings. The third kappa shape index (κ3) is 2.73. The summed E-state index contributed by atoms with van der Waals surface area (Å²) in [5.41, 5.74) is 5.82. The maximum absolute atomic E-state index is 6.57. The predicted molar refractivity (Wildman–Crippen MR) is 98.6 cm³/mol. The van der Waals surface area contributed by atoms with Crippen molar-refractivity contribution in [2.24, 2.45) is 11.8 Å². The highest BCUT2D eigenvalue weighted by atomic mass is 35.5. The van der Waals surface area contributed by atoms with Crippen LogP contribution in [0.1, 0.15) is 54.4 Å². The van der Waals surface area contributed by atoms with Gasteiger partial charge in [-0.3, -0.25) is 0 Å². The van der Waals surface area contributed by atoms with Crippen LogP contribution in [0.2, 0.25) is 0 Å². The van der Waals surface area contributed by atoms with Crippen molar-refractivity contribution < 1.29 is 0 Å². The Kier molecular flexibility index (Phi) is 5.28. The van der Waals surface area contributed by atoms with Gasteiger partial charge in [-0.15, -0.1) is 0 Å². The number of hydrogen-bond donors (Lipinski definition) is 0. The molecule has 3 heteroatoms. The van der Waals surface area contributed by atoms with Gasteiger partial charge >= 0.3 is 0 Å². The molecule has 2 atom stereocenters. The van der Waals surface area contributed by atoms with Crippen LogP contribution < -0.4 is 0 Å². The van der Waals surface area contributed by atoms with Gasteiger partial charge in [0.25, 0.3) is 0 Å². The lowest BCUT2D eigenvalue weighted by Crippen LogP contribution is -2.07. The average molecular weight is 341 g/mol. The van der Waals surface area contributed by atoms with E-state index in [1.165, 1.54) is 22.3 Å². The van der Waals surface area contributed by atoms with Crippen LogP contribution in [0.15, 0.2) is 42.7 Å². The fourth-order valence-electron chi connectivity index (χ4n) is 3.62. The summed E-state index contributed by atoms with van der Waals surface area (Å²) in [6.45, 7) is 13.4. The zero-order chi connectivity index (χ0) is 15.9. The Morgan fingerprint density at radius 2 is 1.14 bits per heavy atom. The molecule has 2 rings (SSSR count). The molecular weight excluding hydrogens is 315 g/mol. The molecule has 2 aliphatic carbocycles. The zero-order valence-corrected chi connectivity index (χ0v) is 17.0. The summed E-state index contributed by atoms with van der Waals surface area (Å²) >= 11 is 13.1. The van der Waals surface area contributed by atoms with E-state index >= 15 is 0 Å². The molecular formula is C18H26Cl2Si. The highest BCUT2D eigenvalue weighted by molar-refractivity contribution is 6.58. The van der Waals surface area contributed by atoms with E-state index in [4.69, 9.17) is 23.2 Å². The van der Waals surface area contributed by atoms with Crippen LogP contribution in [0.5, 0.6) is 0 Å². The normalized spacial score (nSPS) is 27.4. The molecule has 0 fully saturated rings. The molecule has 0 saturated heterocycles. The van der Waals surface area contributed by atoms with Crippen molar-refractivity contribution in [3.8, 4) is 0 Å². The van der Waals surface area contributed by atoms with Gasteiger partial charge in [0.05, 0.1) is 9.52 Å². The molecule has 0 bridgehead atoms. The van der Waals surface area contributed by atoms with Crippen molar-refractivity contribution in [2.75, 3.05) is 0 Å². The fraction of sp³-hybridized carbons (Fsp3) is 0.556. The molecule has 0 nitrogen and oxygen atoms in total. The molecule has 0 amide bonds. The van der Waals surface area contributed by atoms with Crippen LogP contribution in [0.4, 0.5) is 0 Å². The Bertz CT molecular complexity index is 538. The summed E-state index contributed by atoms with van der Waals surface area (Å²) in [5, 5.41) is 5.34. The van der Waals surface area contributed by atoms with Crippen molar-refractivity contribution in [3.63, 3.8) is 0 Å². The van der Waals surface area contributed by atoms with E-state index in [-0.39, 0.29) is 0 Å². The third-order valence-electron chi connectivity index (χ3n) is 5.38. The lowest BCUT2D eigenvalue weighted by molar-refractivity contribution is 0.858. The first-order valence-electron chi connectivity index (χ1n) is 8.02. The summed E-state index contributed by atoms with van der Waals surface area (Å²) in [5.74, 6) is 0.821. The minimum Gasteiger partial charge on any atom is -0.0882 e. The molecule has 0 aromatic carbocycles. The lowest BCUT2D eigenvalue weighted by Gasteiger charge is -2.14. The minimum absolute atomic E-state index is 0.411. The van der Waals surface area contributed by atoms with Gasteiger partial charge < -0.3 is 0 Å². The van der Waals surface area contributed by atoms with Crippen LogP contribution in [0.3, 0.4) is 0 Å².